The van der Waals surface area contributed by atoms with Gasteiger partial charge in [0.15, 0.2) is 10.9 Å². The number of hydrogen-bond donors (Lipinski definition) is 2. The summed E-state index contributed by atoms with van der Waals surface area (Å²) in [4.78, 5) is 0. The summed E-state index contributed by atoms with van der Waals surface area (Å²) in [5.74, 6) is 0.724. The van der Waals surface area contributed by atoms with Crippen LogP contribution in [-0.2, 0) is 6.54 Å². The number of thiocarbonyl (C=S) groups is 1. The fraction of sp³-hybridized carbons (Fsp3) is 0.200. The highest BCUT2D eigenvalue weighted by molar-refractivity contribution is 7.80. The fourth-order valence-corrected chi connectivity index (χ4v) is 3.21. The molecule has 0 saturated carbocycles. The van der Waals surface area contributed by atoms with E-state index in [2.05, 4.69) is 34.8 Å². The second-order valence-electron chi connectivity index (χ2n) is 6.19. The number of nitrogens with zero attached hydrogens (tertiary/aromatic N) is 2. The first-order chi connectivity index (χ1) is 12.5. The van der Waals surface area contributed by atoms with E-state index in [0.29, 0.717) is 11.7 Å². The summed E-state index contributed by atoms with van der Waals surface area (Å²) in [6.07, 6.45) is 0. The van der Waals surface area contributed by atoms with E-state index in [1.54, 1.807) is 0 Å². The lowest BCUT2D eigenvalue weighted by molar-refractivity contribution is 0.667. The van der Waals surface area contributed by atoms with Crippen molar-refractivity contribution < 1.29 is 0 Å². The van der Waals surface area contributed by atoms with Crippen LogP contribution in [0.3, 0.4) is 0 Å². The molecule has 0 aliphatic heterocycles. The molecule has 0 aliphatic carbocycles. The fourth-order valence-electron chi connectivity index (χ4n) is 2.71. The van der Waals surface area contributed by atoms with Gasteiger partial charge in [-0.1, -0.05) is 54.1 Å². The molecule has 0 spiro atoms. The number of aryl methyl sites for hydroxylation is 1. The van der Waals surface area contributed by atoms with Crippen molar-refractivity contribution in [3.63, 3.8) is 0 Å². The van der Waals surface area contributed by atoms with Crippen molar-refractivity contribution in [2.24, 2.45) is 0 Å². The maximum atomic E-state index is 6.06. The van der Waals surface area contributed by atoms with E-state index >= 15 is 0 Å². The second kappa shape index (κ2) is 8.34. The highest BCUT2D eigenvalue weighted by atomic mass is 35.5. The summed E-state index contributed by atoms with van der Waals surface area (Å²) < 4.78 is 1.93. The Labute approximate surface area is 164 Å². The van der Waals surface area contributed by atoms with E-state index in [4.69, 9.17) is 23.8 Å². The van der Waals surface area contributed by atoms with Gasteiger partial charge in [-0.15, -0.1) is 0 Å². The van der Waals surface area contributed by atoms with Crippen LogP contribution in [0.5, 0.6) is 0 Å². The molecule has 0 bridgehead atoms. The second-order valence-corrected chi connectivity index (χ2v) is 7.03. The van der Waals surface area contributed by atoms with E-state index in [1.165, 1.54) is 5.56 Å². The Balaban J connectivity index is 1.62. The zero-order valence-corrected chi connectivity index (χ0v) is 16.3. The quantitative estimate of drug-likeness (QED) is 0.611. The molecular weight excluding hydrogens is 364 g/mol. The van der Waals surface area contributed by atoms with Gasteiger partial charge >= 0.3 is 0 Å². The third kappa shape index (κ3) is 4.84. The Hall–Kier alpha value is -2.37. The largest absolute Gasteiger partial charge is 0.356 e. The van der Waals surface area contributed by atoms with Crippen LogP contribution in [-0.4, -0.2) is 14.9 Å². The number of benzene rings is 2. The van der Waals surface area contributed by atoms with Gasteiger partial charge in [-0.3, -0.25) is 4.68 Å². The number of rotatable bonds is 5. The maximum absolute atomic E-state index is 6.06. The number of halogens is 1. The third-order valence-electron chi connectivity index (χ3n) is 4.09. The van der Waals surface area contributed by atoms with E-state index in [-0.39, 0.29) is 6.04 Å². The zero-order valence-electron chi connectivity index (χ0n) is 14.7. The molecule has 6 heteroatoms. The SMILES string of the molecule is Cc1cc(NC(=S)NC(C)c2ccccc2)nn1Cc1cccc(Cl)c1. The Bertz CT molecular complexity index is 892. The summed E-state index contributed by atoms with van der Waals surface area (Å²) >= 11 is 11.5. The predicted octanol–water partition coefficient (Wildman–Crippen LogP) is 4.94. The van der Waals surface area contributed by atoms with E-state index in [9.17, 15) is 0 Å². The number of nitrogens with one attached hydrogen (secondary N) is 2. The van der Waals surface area contributed by atoms with Crippen molar-refractivity contribution in [1.29, 1.82) is 0 Å². The highest BCUT2D eigenvalue weighted by Gasteiger charge is 2.10. The number of hydrogen-bond acceptors (Lipinski definition) is 2. The minimum atomic E-state index is 0.117. The average molecular weight is 385 g/mol. The molecular formula is C20H21ClN4S. The number of anilines is 1. The third-order valence-corrected chi connectivity index (χ3v) is 4.55. The summed E-state index contributed by atoms with van der Waals surface area (Å²) in [6, 6.07) is 20.1. The standard InChI is InChI=1S/C20H21ClN4S/c1-14-11-19(24-25(14)13-16-7-6-10-18(21)12-16)23-20(26)22-15(2)17-8-4-3-5-9-17/h3-12,15H,13H2,1-2H3,(H2,22,23,24,26). The lowest BCUT2D eigenvalue weighted by atomic mass is 10.1. The van der Waals surface area contributed by atoms with Crippen LogP contribution < -0.4 is 10.6 Å². The topological polar surface area (TPSA) is 41.9 Å². The molecule has 2 N–H and O–H groups in total. The van der Waals surface area contributed by atoms with Crippen molar-refractivity contribution in [2.45, 2.75) is 26.4 Å². The Morgan fingerprint density at radius 2 is 1.92 bits per heavy atom. The molecule has 1 atom stereocenters. The lowest BCUT2D eigenvalue weighted by Crippen LogP contribution is -2.31. The molecule has 3 aromatic rings. The van der Waals surface area contributed by atoms with E-state index in [0.717, 1.165) is 22.1 Å². The Kier molecular flexibility index (Phi) is 5.91. The van der Waals surface area contributed by atoms with Crippen LogP contribution in [0.15, 0.2) is 60.7 Å². The smallest absolute Gasteiger partial charge is 0.172 e. The maximum Gasteiger partial charge on any atom is 0.172 e. The Morgan fingerprint density at radius 1 is 1.15 bits per heavy atom. The first-order valence-corrected chi connectivity index (χ1v) is 9.21. The van der Waals surface area contributed by atoms with Crippen LogP contribution in [0, 0.1) is 6.92 Å². The van der Waals surface area contributed by atoms with Gasteiger partial charge in [0.05, 0.1) is 12.6 Å². The van der Waals surface area contributed by atoms with Crippen LogP contribution in [0.25, 0.3) is 0 Å². The molecule has 0 amide bonds. The molecule has 134 valence electrons. The van der Waals surface area contributed by atoms with Crippen LogP contribution in [0.2, 0.25) is 5.02 Å². The molecule has 0 radical (unpaired) electrons. The van der Waals surface area contributed by atoms with Gasteiger partial charge in [-0.2, -0.15) is 5.10 Å². The summed E-state index contributed by atoms with van der Waals surface area (Å²) in [5, 5.41) is 12.3. The molecule has 0 fully saturated rings. The lowest BCUT2D eigenvalue weighted by Gasteiger charge is -2.16. The molecule has 3 rings (SSSR count). The zero-order chi connectivity index (χ0) is 18.5. The molecule has 0 aliphatic rings. The normalized spacial score (nSPS) is 11.8. The minimum absolute atomic E-state index is 0.117. The van der Waals surface area contributed by atoms with Gasteiger partial charge in [-0.05, 0) is 49.3 Å². The monoisotopic (exact) mass is 384 g/mol. The van der Waals surface area contributed by atoms with Gasteiger partial charge in [0.2, 0.25) is 0 Å². The van der Waals surface area contributed by atoms with Gasteiger partial charge in [0, 0.05) is 16.8 Å². The summed E-state index contributed by atoms with van der Waals surface area (Å²) in [5.41, 5.74) is 3.33. The van der Waals surface area contributed by atoms with Crippen molar-refractivity contribution in [3.05, 3.63) is 82.5 Å². The van der Waals surface area contributed by atoms with Gasteiger partial charge in [0.1, 0.15) is 0 Å². The van der Waals surface area contributed by atoms with E-state index < -0.39 is 0 Å². The van der Waals surface area contributed by atoms with Crippen molar-refractivity contribution >= 4 is 34.7 Å². The molecule has 1 heterocycles. The first kappa shape index (κ1) is 18.4. The molecule has 1 aromatic heterocycles. The van der Waals surface area contributed by atoms with Crippen LogP contribution >= 0.6 is 23.8 Å². The number of aromatic nitrogens is 2. The highest BCUT2D eigenvalue weighted by Crippen LogP contribution is 2.15. The van der Waals surface area contributed by atoms with Gasteiger partial charge in [-0.25, -0.2) is 0 Å². The molecule has 2 aromatic carbocycles. The Morgan fingerprint density at radius 3 is 2.65 bits per heavy atom. The van der Waals surface area contributed by atoms with Crippen molar-refractivity contribution in [1.82, 2.24) is 15.1 Å². The van der Waals surface area contributed by atoms with Gasteiger partial charge < -0.3 is 10.6 Å². The summed E-state index contributed by atoms with van der Waals surface area (Å²) in [7, 11) is 0. The summed E-state index contributed by atoms with van der Waals surface area (Å²) in [6.45, 7) is 4.76. The van der Waals surface area contributed by atoms with Crippen LogP contribution in [0.1, 0.15) is 29.8 Å². The minimum Gasteiger partial charge on any atom is -0.356 e. The first-order valence-electron chi connectivity index (χ1n) is 8.42. The van der Waals surface area contributed by atoms with Gasteiger partial charge in [0.25, 0.3) is 0 Å². The molecule has 1 unspecified atom stereocenters. The molecule has 0 saturated heterocycles. The predicted molar refractivity (Wildman–Crippen MR) is 112 cm³/mol. The molecule has 4 nitrogen and oxygen atoms in total. The molecule has 26 heavy (non-hydrogen) atoms. The van der Waals surface area contributed by atoms with E-state index in [1.807, 2.05) is 60.1 Å². The van der Waals surface area contributed by atoms with Crippen molar-refractivity contribution in [2.75, 3.05) is 5.32 Å². The average Bonchev–Trinajstić information content (AvgIpc) is 2.94. The van der Waals surface area contributed by atoms with Crippen molar-refractivity contribution in [3.8, 4) is 0 Å². The van der Waals surface area contributed by atoms with Crippen LogP contribution in [0.4, 0.5) is 5.82 Å².